The number of aromatic nitrogens is 1. The van der Waals surface area contributed by atoms with Gasteiger partial charge in [0.2, 0.25) is 0 Å². The number of aryl methyl sites for hydroxylation is 1. The summed E-state index contributed by atoms with van der Waals surface area (Å²) in [5.74, 6) is -1.90. The summed E-state index contributed by atoms with van der Waals surface area (Å²) in [5, 5.41) is 12.6. The van der Waals surface area contributed by atoms with Crippen LogP contribution in [0, 0.1) is 5.82 Å². The fourth-order valence-electron chi connectivity index (χ4n) is 5.11. The minimum atomic E-state index is -1.03. The summed E-state index contributed by atoms with van der Waals surface area (Å²) >= 11 is 6.14. The van der Waals surface area contributed by atoms with Crippen LogP contribution in [0.15, 0.2) is 66.9 Å². The second kappa shape index (κ2) is 11.5. The van der Waals surface area contributed by atoms with Gasteiger partial charge in [0.25, 0.3) is 5.91 Å². The first kappa shape index (κ1) is 27.4. The normalized spacial score (nSPS) is 15.3. The number of amides is 1. The number of hydrogen-bond donors (Lipinski definition) is 2. The van der Waals surface area contributed by atoms with Crippen LogP contribution in [0.2, 0.25) is 5.02 Å². The van der Waals surface area contributed by atoms with E-state index in [0.29, 0.717) is 29.8 Å². The molecule has 0 unspecified atom stereocenters. The van der Waals surface area contributed by atoms with Crippen molar-refractivity contribution in [3.05, 3.63) is 94.4 Å². The molecule has 1 aliphatic heterocycles. The van der Waals surface area contributed by atoms with Crippen molar-refractivity contribution in [2.75, 3.05) is 18.6 Å². The van der Waals surface area contributed by atoms with Gasteiger partial charge < -0.3 is 19.7 Å². The molecule has 1 saturated heterocycles. The van der Waals surface area contributed by atoms with E-state index in [1.165, 1.54) is 18.2 Å². The summed E-state index contributed by atoms with van der Waals surface area (Å²) in [6.07, 6.45) is 2.95. The second-order valence-electron chi connectivity index (χ2n) is 9.76. The van der Waals surface area contributed by atoms with Gasteiger partial charge in [-0.3, -0.25) is 14.5 Å². The summed E-state index contributed by atoms with van der Waals surface area (Å²) in [6, 6.07) is 15.6. The van der Waals surface area contributed by atoms with E-state index in [-0.39, 0.29) is 35.2 Å². The Morgan fingerprint density at radius 2 is 1.88 bits per heavy atom. The fourth-order valence-corrected chi connectivity index (χ4v) is 5.34. The minimum absolute atomic E-state index is 0.0741. The average Bonchev–Trinajstić information content (AvgIpc) is 3.54. The molecule has 2 N–H and O–H groups in total. The van der Waals surface area contributed by atoms with E-state index in [0.717, 1.165) is 23.4 Å². The third-order valence-electron chi connectivity index (χ3n) is 7.12. The number of aromatic carboxylic acids is 1. The molecular weight excluding hydrogens is 537 g/mol. The van der Waals surface area contributed by atoms with Crippen molar-refractivity contribution in [1.29, 1.82) is 0 Å². The molecule has 1 aliphatic rings. The Hall–Kier alpha value is -4.21. The number of carboxylic acids is 1. The van der Waals surface area contributed by atoms with Gasteiger partial charge in [-0.05, 0) is 60.9 Å². The number of rotatable bonds is 9. The Morgan fingerprint density at radius 3 is 2.62 bits per heavy atom. The first-order valence-electron chi connectivity index (χ1n) is 12.8. The van der Waals surface area contributed by atoms with Gasteiger partial charge in [0.05, 0.1) is 22.9 Å². The van der Waals surface area contributed by atoms with E-state index in [2.05, 4.69) is 5.32 Å². The van der Waals surface area contributed by atoms with Crippen LogP contribution >= 0.6 is 11.6 Å². The molecule has 0 saturated carbocycles. The molecule has 1 fully saturated rings. The predicted octanol–water partition coefficient (Wildman–Crippen LogP) is 5.53. The van der Waals surface area contributed by atoms with E-state index in [4.69, 9.17) is 21.4 Å². The van der Waals surface area contributed by atoms with Gasteiger partial charge in [-0.15, -0.1) is 0 Å². The summed E-state index contributed by atoms with van der Waals surface area (Å²) in [7, 11) is 1.83. The molecule has 10 heteroatoms. The van der Waals surface area contributed by atoms with Gasteiger partial charge in [0.15, 0.2) is 5.78 Å². The molecule has 206 valence electrons. The topological polar surface area (TPSA) is 101 Å². The van der Waals surface area contributed by atoms with Crippen molar-refractivity contribution in [2.24, 2.45) is 7.05 Å². The Labute approximate surface area is 234 Å². The summed E-state index contributed by atoms with van der Waals surface area (Å²) in [6.45, 7) is 0.773. The van der Waals surface area contributed by atoms with E-state index in [1.54, 1.807) is 18.3 Å². The smallest absolute Gasteiger partial charge is 0.335 e. The number of para-hydroxylation sites is 1. The molecule has 0 spiro atoms. The first-order chi connectivity index (χ1) is 19.2. The zero-order valence-electron chi connectivity index (χ0n) is 21.7. The van der Waals surface area contributed by atoms with Crippen molar-refractivity contribution in [1.82, 2.24) is 9.47 Å². The van der Waals surface area contributed by atoms with Crippen LogP contribution in [-0.4, -0.2) is 51.6 Å². The van der Waals surface area contributed by atoms with E-state index in [9.17, 15) is 14.4 Å². The van der Waals surface area contributed by atoms with Crippen LogP contribution in [0.3, 0.4) is 0 Å². The van der Waals surface area contributed by atoms with E-state index in [1.807, 2.05) is 40.8 Å². The highest BCUT2D eigenvalue weighted by Gasteiger charge is 2.32. The molecule has 1 atom stereocenters. The van der Waals surface area contributed by atoms with Gasteiger partial charge in [-0.2, -0.15) is 0 Å². The molecule has 0 aliphatic carbocycles. The predicted molar refractivity (Wildman–Crippen MR) is 150 cm³/mol. The molecule has 0 radical (unpaired) electrons. The Morgan fingerprint density at radius 1 is 1.12 bits per heavy atom. The van der Waals surface area contributed by atoms with E-state index >= 15 is 4.39 Å². The Balaban J connectivity index is 1.31. The zero-order valence-corrected chi connectivity index (χ0v) is 22.5. The maximum absolute atomic E-state index is 15.1. The molecule has 1 aromatic heterocycles. The summed E-state index contributed by atoms with van der Waals surface area (Å²) < 4.78 is 22.7. The second-order valence-corrected chi connectivity index (χ2v) is 10.2. The van der Waals surface area contributed by atoms with Crippen molar-refractivity contribution >= 4 is 45.9 Å². The highest BCUT2D eigenvalue weighted by Crippen LogP contribution is 2.29. The molecule has 2 heterocycles. The molecule has 3 aromatic carbocycles. The lowest BCUT2D eigenvalue weighted by molar-refractivity contribution is -0.123. The largest absolute Gasteiger partial charge is 0.478 e. The molecule has 4 aromatic rings. The van der Waals surface area contributed by atoms with Crippen LogP contribution in [0.1, 0.15) is 39.1 Å². The SMILES string of the molecule is Cn1cc(C(=O)Nc2c(F)cc(Cl)cc2CC(=O)[C@H]2CCCN2COc2ccc(C(=O)O)cc2)c2ccccc21. The monoisotopic (exact) mass is 563 g/mol. The van der Waals surface area contributed by atoms with Crippen molar-refractivity contribution < 1.29 is 28.6 Å². The number of nitrogens with one attached hydrogen (secondary N) is 1. The van der Waals surface area contributed by atoms with Crippen LogP contribution in [0.25, 0.3) is 10.9 Å². The van der Waals surface area contributed by atoms with Gasteiger partial charge in [-0.1, -0.05) is 29.8 Å². The number of nitrogens with zero attached hydrogens (tertiary/aromatic N) is 2. The zero-order chi connectivity index (χ0) is 28.4. The van der Waals surface area contributed by atoms with Crippen LogP contribution < -0.4 is 10.1 Å². The number of likely N-dealkylation sites (tertiary alicyclic amines) is 1. The maximum atomic E-state index is 15.1. The molecule has 5 rings (SSSR count). The quantitative estimate of drug-likeness (QED) is 0.277. The van der Waals surface area contributed by atoms with Gasteiger partial charge in [0, 0.05) is 42.1 Å². The summed E-state index contributed by atoms with van der Waals surface area (Å²) in [5.41, 5.74) is 1.62. The molecule has 40 heavy (non-hydrogen) atoms. The number of carboxylic acid groups (broad SMARTS) is 1. The standard InChI is InChI=1S/C30H27ClFN3O5/c1-34-16-23(22-5-2-3-6-25(22)34)29(37)33-28-19(13-20(31)15-24(28)32)14-27(36)26-7-4-12-35(26)17-40-21-10-8-18(9-11-21)30(38)39/h2-3,5-6,8-11,13,15-16,26H,4,7,12,14,17H2,1H3,(H,33,37)(H,38,39)/t26-/m1/s1. The number of Topliss-reactive ketones (excluding diaryl/α,β-unsaturated/α-hetero) is 1. The molecule has 8 nitrogen and oxygen atoms in total. The van der Waals surface area contributed by atoms with Gasteiger partial charge in [-0.25, -0.2) is 9.18 Å². The van der Waals surface area contributed by atoms with Crippen molar-refractivity contribution in [3.63, 3.8) is 0 Å². The third kappa shape index (κ3) is 5.71. The minimum Gasteiger partial charge on any atom is -0.478 e. The number of benzene rings is 3. The first-order valence-corrected chi connectivity index (χ1v) is 13.2. The van der Waals surface area contributed by atoms with Gasteiger partial charge >= 0.3 is 5.97 Å². The van der Waals surface area contributed by atoms with Crippen LogP contribution in [0.5, 0.6) is 5.75 Å². The van der Waals surface area contributed by atoms with Crippen molar-refractivity contribution in [2.45, 2.75) is 25.3 Å². The number of ketones is 1. The molecule has 0 bridgehead atoms. The van der Waals surface area contributed by atoms with Crippen LogP contribution in [-0.2, 0) is 18.3 Å². The fraction of sp³-hybridized carbons (Fsp3) is 0.233. The van der Waals surface area contributed by atoms with E-state index < -0.39 is 23.7 Å². The highest BCUT2D eigenvalue weighted by molar-refractivity contribution is 6.30. The Bertz CT molecular complexity index is 1600. The lowest BCUT2D eigenvalue weighted by Gasteiger charge is -2.24. The number of hydrogen-bond acceptors (Lipinski definition) is 5. The van der Waals surface area contributed by atoms with Crippen molar-refractivity contribution in [3.8, 4) is 5.75 Å². The number of carbonyl (C=O) groups excluding carboxylic acids is 2. The molecular formula is C30H27ClFN3O5. The average molecular weight is 564 g/mol. The lowest BCUT2D eigenvalue weighted by Crippen LogP contribution is -2.39. The Kier molecular flexibility index (Phi) is 7.86. The number of carbonyl (C=O) groups is 3. The number of anilines is 1. The number of fused-ring (bicyclic) bond motifs is 1. The highest BCUT2D eigenvalue weighted by atomic mass is 35.5. The molecule has 1 amide bonds. The maximum Gasteiger partial charge on any atom is 0.335 e. The lowest BCUT2D eigenvalue weighted by atomic mass is 10.00. The number of halogens is 2. The van der Waals surface area contributed by atoms with Crippen LogP contribution in [0.4, 0.5) is 10.1 Å². The summed E-state index contributed by atoms with van der Waals surface area (Å²) in [4.78, 5) is 39.6. The number of ether oxygens (including phenoxy) is 1. The third-order valence-corrected chi connectivity index (χ3v) is 7.33. The van der Waals surface area contributed by atoms with Gasteiger partial charge in [0.1, 0.15) is 18.3 Å².